The summed E-state index contributed by atoms with van der Waals surface area (Å²) in [7, 11) is 0. The van der Waals surface area contributed by atoms with E-state index < -0.39 is 0 Å². The third-order valence-electron chi connectivity index (χ3n) is 1.60. The van der Waals surface area contributed by atoms with Crippen molar-refractivity contribution >= 4 is 0 Å². The second-order valence-corrected chi connectivity index (χ2v) is 2.68. The fraction of sp³-hybridized carbons (Fsp3) is 0.625. The average molecular weight is 154 g/mol. The number of nitrogens with two attached hydrogens (primary N) is 1. The van der Waals surface area contributed by atoms with Crippen molar-refractivity contribution in [2.75, 3.05) is 0 Å². The topological polar surface area (TPSA) is 52.0 Å². The van der Waals surface area contributed by atoms with E-state index in [2.05, 4.69) is 11.9 Å². The molecule has 0 aliphatic heterocycles. The van der Waals surface area contributed by atoms with Gasteiger partial charge in [-0.2, -0.15) is 0 Å². The van der Waals surface area contributed by atoms with E-state index in [9.17, 15) is 0 Å². The third kappa shape index (κ3) is 2.05. The van der Waals surface area contributed by atoms with Crippen LogP contribution in [0.2, 0.25) is 0 Å². The first-order valence-corrected chi connectivity index (χ1v) is 3.92. The van der Waals surface area contributed by atoms with Gasteiger partial charge >= 0.3 is 0 Å². The molecule has 1 aromatic rings. The fourth-order valence-electron chi connectivity index (χ4n) is 1.00. The Labute approximate surface area is 66.6 Å². The van der Waals surface area contributed by atoms with Crippen LogP contribution >= 0.6 is 0 Å². The van der Waals surface area contributed by atoms with Crippen molar-refractivity contribution in [3.05, 3.63) is 17.8 Å². The molecule has 0 radical (unpaired) electrons. The van der Waals surface area contributed by atoms with Crippen LogP contribution in [0.15, 0.2) is 10.6 Å². The number of nitrogens with zero attached hydrogens (tertiary/aromatic N) is 1. The summed E-state index contributed by atoms with van der Waals surface area (Å²) >= 11 is 0. The zero-order valence-corrected chi connectivity index (χ0v) is 7.00. The Hall–Kier alpha value is -0.830. The summed E-state index contributed by atoms with van der Waals surface area (Å²) in [5.74, 6) is 1.48. The lowest BCUT2D eigenvalue weighted by atomic mass is 10.1. The van der Waals surface area contributed by atoms with E-state index >= 15 is 0 Å². The van der Waals surface area contributed by atoms with Gasteiger partial charge in [0.1, 0.15) is 5.76 Å². The summed E-state index contributed by atoms with van der Waals surface area (Å²) < 4.78 is 5.26. The van der Waals surface area contributed by atoms with Crippen molar-refractivity contribution in [1.29, 1.82) is 0 Å². The van der Waals surface area contributed by atoms with Crippen molar-refractivity contribution < 1.29 is 4.42 Å². The van der Waals surface area contributed by atoms with Crippen LogP contribution in [0.1, 0.15) is 37.5 Å². The minimum Gasteiger partial charge on any atom is -0.444 e. The normalized spacial score (nSPS) is 13.4. The lowest BCUT2D eigenvalue weighted by Crippen LogP contribution is -2.08. The standard InChI is InChI=1S/C8H14N2O/c1-3-4-7(9)8-5-10-6(2)11-8/h5,7H,3-4,9H2,1-2H3. The Balaban J connectivity index is 2.60. The molecule has 0 amide bonds. The summed E-state index contributed by atoms with van der Waals surface area (Å²) in [6.45, 7) is 3.92. The minimum absolute atomic E-state index is 0.0150. The van der Waals surface area contributed by atoms with Gasteiger partial charge in [0, 0.05) is 6.92 Å². The molecule has 0 spiro atoms. The van der Waals surface area contributed by atoms with Crippen LogP contribution in [-0.2, 0) is 0 Å². The largest absolute Gasteiger partial charge is 0.444 e. The Morgan fingerprint density at radius 3 is 2.91 bits per heavy atom. The molecule has 1 heterocycles. The first-order valence-electron chi connectivity index (χ1n) is 3.92. The Morgan fingerprint density at radius 2 is 2.45 bits per heavy atom. The van der Waals surface area contributed by atoms with E-state index in [0.29, 0.717) is 5.89 Å². The van der Waals surface area contributed by atoms with Crippen molar-refractivity contribution in [2.45, 2.75) is 32.7 Å². The molecule has 0 saturated carbocycles. The summed E-state index contributed by atoms with van der Waals surface area (Å²) in [6, 6.07) is 0.0150. The monoisotopic (exact) mass is 154 g/mol. The maximum absolute atomic E-state index is 5.79. The first-order chi connectivity index (χ1) is 5.24. The number of hydrogen-bond donors (Lipinski definition) is 1. The summed E-state index contributed by atoms with van der Waals surface area (Å²) in [5, 5.41) is 0. The maximum Gasteiger partial charge on any atom is 0.191 e. The predicted octanol–water partition coefficient (Wildman–Crippen LogP) is 1.78. The van der Waals surface area contributed by atoms with E-state index in [1.54, 1.807) is 6.20 Å². The molecule has 0 saturated heterocycles. The number of rotatable bonds is 3. The van der Waals surface area contributed by atoms with Gasteiger partial charge in [0.25, 0.3) is 0 Å². The van der Waals surface area contributed by atoms with Gasteiger partial charge in [-0.25, -0.2) is 4.98 Å². The van der Waals surface area contributed by atoms with Crippen molar-refractivity contribution in [3.63, 3.8) is 0 Å². The molecule has 3 heteroatoms. The Kier molecular flexibility index (Phi) is 2.65. The lowest BCUT2D eigenvalue weighted by Gasteiger charge is -2.04. The molecule has 1 unspecified atom stereocenters. The number of aryl methyl sites for hydroxylation is 1. The average Bonchev–Trinajstić information content (AvgIpc) is 2.36. The highest BCUT2D eigenvalue weighted by Gasteiger charge is 2.08. The van der Waals surface area contributed by atoms with Crippen LogP contribution in [0.5, 0.6) is 0 Å². The van der Waals surface area contributed by atoms with Gasteiger partial charge in [0.2, 0.25) is 0 Å². The zero-order chi connectivity index (χ0) is 8.27. The van der Waals surface area contributed by atoms with Gasteiger partial charge in [0.15, 0.2) is 5.89 Å². The number of hydrogen-bond acceptors (Lipinski definition) is 3. The first kappa shape index (κ1) is 8.27. The van der Waals surface area contributed by atoms with E-state index in [0.717, 1.165) is 18.6 Å². The summed E-state index contributed by atoms with van der Waals surface area (Å²) in [5.41, 5.74) is 5.79. The smallest absolute Gasteiger partial charge is 0.191 e. The highest BCUT2D eigenvalue weighted by Crippen LogP contribution is 2.15. The summed E-state index contributed by atoms with van der Waals surface area (Å²) in [6.07, 6.45) is 3.73. The molecule has 11 heavy (non-hydrogen) atoms. The fourth-order valence-corrected chi connectivity index (χ4v) is 1.00. The second-order valence-electron chi connectivity index (χ2n) is 2.68. The SMILES string of the molecule is CCCC(N)c1cnc(C)o1. The Bertz CT molecular complexity index is 220. The molecular formula is C8H14N2O. The van der Waals surface area contributed by atoms with Crippen LogP contribution in [-0.4, -0.2) is 4.98 Å². The number of aromatic nitrogens is 1. The third-order valence-corrected chi connectivity index (χ3v) is 1.60. The van der Waals surface area contributed by atoms with Crippen LogP contribution in [0.25, 0.3) is 0 Å². The second kappa shape index (κ2) is 3.53. The maximum atomic E-state index is 5.79. The van der Waals surface area contributed by atoms with Crippen molar-refractivity contribution in [2.24, 2.45) is 5.73 Å². The highest BCUT2D eigenvalue weighted by molar-refractivity contribution is 4.98. The molecule has 3 nitrogen and oxygen atoms in total. The molecule has 1 atom stereocenters. The van der Waals surface area contributed by atoms with Gasteiger partial charge in [-0.3, -0.25) is 0 Å². The van der Waals surface area contributed by atoms with Gasteiger partial charge < -0.3 is 10.2 Å². The molecule has 62 valence electrons. The zero-order valence-electron chi connectivity index (χ0n) is 7.00. The van der Waals surface area contributed by atoms with Crippen molar-refractivity contribution in [1.82, 2.24) is 4.98 Å². The molecule has 0 aliphatic carbocycles. The van der Waals surface area contributed by atoms with E-state index in [1.807, 2.05) is 6.92 Å². The molecule has 1 aromatic heterocycles. The Morgan fingerprint density at radius 1 is 1.73 bits per heavy atom. The molecule has 2 N–H and O–H groups in total. The minimum atomic E-state index is 0.0150. The molecule has 1 rings (SSSR count). The molecule has 0 bridgehead atoms. The number of oxazole rings is 1. The lowest BCUT2D eigenvalue weighted by molar-refractivity contribution is 0.428. The van der Waals surface area contributed by atoms with Crippen LogP contribution in [0.3, 0.4) is 0 Å². The van der Waals surface area contributed by atoms with Crippen LogP contribution < -0.4 is 5.73 Å². The molecule has 0 aromatic carbocycles. The summed E-state index contributed by atoms with van der Waals surface area (Å²) in [4.78, 5) is 3.97. The van der Waals surface area contributed by atoms with Gasteiger partial charge in [0.05, 0.1) is 12.2 Å². The highest BCUT2D eigenvalue weighted by atomic mass is 16.4. The van der Waals surface area contributed by atoms with E-state index in [4.69, 9.17) is 10.2 Å². The van der Waals surface area contributed by atoms with Gasteiger partial charge in [-0.15, -0.1) is 0 Å². The van der Waals surface area contributed by atoms with E-state index in [-0.39, 0.29) is 6.04 Å². The van der Waals surface area contributed by atoms with Crippen LogP contribution in [0.4, 0.5) is 0 Å². The van der Waals surface area contributed by atoms with Crippen molar-refractivity contribution in [3.8, 4) is 0 Å². The van der Waals surface area contributed by atoms with Crippen LogP contribution in [0, 0.1) is 6.92 Å². The van der Waals surface area contributed by atoms with Gasteiger partial charge in [-0.05, 0) is 6.42 Å². The van der Waals surface area contributed by atoms with Gasteiger partial charge in [-0.1, -0.05) is 13.3 Å². The molecular weight excluding hydrogens is 140 g/mol. The molecule has 0 aliphatic rings. The quantitative estimate of drug-likeness (QED) is 0.722. The molecule has 0 fully saturated rings. The van der Waals surface area contributed by atoms with E-state index in [1.165, 1.54) is 0 Å². The predicted molar refractivity (Wildman–Crippen MR) is 43.1 cm³/mol.